The molecule has 0 fully saturated rings. The lowest BCUT2D eigenvalue weighted by atomic mass is 9.98. The maximum Gasteiger partial charge on any atom is 0.0350 e. The Morgan fingerprint density at radius 3 is 2.22 bits per heavy atom. The zero-order valence-corrected chi connectivity index (χ0v) is 10.6. The maximum absolute atomic E-state index is 5.96. The SMILES string of the molecule is Cc1cc2cc3c(C)c(N)ccc3cc2cc1N. The van der Waals surface area contributed by atoms with Crippen molar-refractivity contribution in [2.24, 2.45) is 0 Å². The highest BCUT2D eigenvalue weighted by Crippen LogP contribution is 2.30. The molecule has 0 saturated carbocycles. The largest absolute Gasteiger partial charge is 0.398 e. The second-order valence-electron chi connectivity index (χ2n) is 4.91. The minimum absolute atomic E-state index is 0.842. The van der Waals surface area contributed by atoms with Crippen LogP contribution in [0.4, 0.5) is 11.4 Å². The van der Waals surface area contributed by atoms with Gasteiger partial charge in [-0.05, 0) is 76.9 Å². The summed E-state index contributed by atoms with van der Waals surface area (Å²) in [5.41, 5.74) is 15.9. The Kier molecular flexibility index (Phi) is 2.20. The van der Waals surface area contributed by atoms with Gasteiger partial charge in [-0.1, -0.05) is 6.07 Å². The zero-order valence-electron chi connectivity index (χ0n) is 10.6. The van der Waals surface area contributed by atoms with Gasteiger partial charge in [0.2, 0.25) is 0 Å². The molecule has 0 amide bonds. The van der Waals surface area contributed by atoms with Crippen molar-refractivity contribution in [3.8, 4) is 0 Å². The van der Waals surface area contributed by atoms with Crippen LogP contribution in [0.3, 0.4) is 0 Å². The monoisotopic (exact) mass is 236 g/mol. The smallest absolute Gasteiger partial charge is 0.0350 e. The van der Waals surface area contributed by atoms with Gasteiger partial charge in [0.25, 0.3) is 0 Å². The van der Waals surface area contributed by atoms with Crippen LogP contribution in [-0.2, 0) is 0 Å². The first-order valence-corrected chi connectivity index (χ1v) is 6.05. The van der Waals surface area contributed by atoms with Gasteiger partial charge < -0.3 is 11.5 Å². The maximum atomic E-state index is 5.96. The molecule has 3 rings (SSSR count). The fourth-order valence-electron chi connectivity index (χ4n) is 2.42. The highest BCUT2D eigenvalue weighted by atomic mass is 14.6. The summed E-state index contributed by atoms with van der Waals surface area (Å²) in [4.78, 5) is 0. The van der Waals surface area contributed by atoms with E-state index in [4.69, 9.17) is 11.5 Å². The van der Waals surface area contributed by atoms with Crippen molar-refractivity contribution in [2.75, 3.05) is 11.5 Å². The Morgan fingerprint density at radius 2 is 1.44 bits per heavy atom. The van der Waals surface area contributed by atoms with E-state index in [0.29, 0.717) is 0 Å². The normalized spacial score (nSPS) is 11.2. The van der Waals surface area contributed by atoms with Gasteiger partial charge in [-0.3, -0.25) is 0 Å². The summed E-state index contributed by atoms with van der Waals surface area (Å²) in [6.45, 7) is 4.10. The van der Waals surface area contributed by atoms with Crippen molar-refractivity contribution in [2.45, 2.75) is 13.8 Å². The van der Waals surface area contributed by atoms with Crippen LogP contribution in [0, 0.1) is 13.8 Å². The molecular formula is C16H16N2. The summed E-state index contributed by atoms with van der Waals surface area (Å²) in [6, 6.07) is 12.6. The van der Waals surface area contributed by atoms with Crippen LogP contribution in [0.2, 0.25) is 0 Å². The predicted octanol–water partition coefficient (Wildman–Crippen LogP) is 3.77. The van der Waals surface area contributed by atoms with Crippen molar-refractivity contribution >= 4 is 32.9 Å². The molecule has 2 nitrogen and oxygen atoms in total. The fourth-order valence-corrected chi connectivity index (χ4v) is 2.42. The molecule has 0 aromatic heterocycles. The second-order valence-corrected chi connectivity index (χ2v) is 4.91. The molecule has 0 aliphatic rings. The van der Waals surface area contributed by atoms with Crippen molar-refractivity contribution < 1.29 is 0 Å². The molecule has 0 aliphatic carbocycles. The molecule has 0 atom stereocenters. The number of nitrogen functional groups attached to an aromatic ring is 2. The second kappa shape index (κ2) is 3.64. The molecule has 90 valence electrons. The van der Waals surface area contributed by atoms with Crippen LogP contribution < -0.4 is 11.5 Å². The molecule has 0 radical (unpaired) electrons. The Morgan fingerprint density at radius 1 is 0.722 bits per heavy atom. The quantitative estimate of drug-likeness (QED) is 0.461. The first-order valence-electron chi connectivity index (χ1n) is 6.05. The number of fused-ring (bicyclic) bond motifs is 2. The lowest BCUT2D eigenvalue weighted by molar-refractivity contribution is 1.50. The van der Waals surface area contributed by atoms with Crippen molar-refractivity contribution in [1.29, 1.82) is 0 Å². The molecular weight excluding hydrogens is 220 g/mol. The Hall–Kier alpha value is -2.22. The highest BCUT2D eigenvalue weighted by molar-refractivity contribution is 6.02. The first kappa shape index (κ1) is 10.9. The van der Waals surface area contributed by atoms with Gasteiger partial charge in [0.05, 0.1) is 0 Å². The highest BCUT2D eigenvalue weighted by Gasteiger charge is 2.04. The van der Waals surface area contributed by atoms with Crippen LogP contribution in [0.1, 0.15) is 11.1 Å². The molecule has 0 heterocycles. The topological polar surface area (TPSA) is 52.0 Å². The van der Waals surface area contributed by atoms with E-state index < -0.39 is 0 Å². The molecule has 0 aliphatic heterocycles. The third-order valence-electron chi connectivity index (χ3n) is 3.67. The van der Waals surface area contributed by atoms with Gasteiger partial charge >= 0.3 is 0 Å². The Bertz CT molecular complexity index is 772. The van der Waals surface area contributed by atoms with E-state index in [-0.39, 0.29) is 0 Å². The standard InChI is InChI=1S/C16H16N2/c1-9-5-12-7-14-10(2)15(17)4-3-11(14)6-13(12)8-16(9)18/h3-8H,17-18H2,1-2H3. The van der Waals surface area contributed by atoms with Gasteiger partial charge in [-0.25, -0.2) is 0 Å². The molecule has 3 aromatic carbocycles. The number of hydrogen-bond acceptors (Lipinski definition) is 2. The van der Waals surface area contributed by atoms with Gasteiger partial charge in [-0.15, -0.1) is 0 Å². The van der Waals surface area contributed by atoms with Crippen molar-refractivity contribution in [1.82, 2.24) is 0 Å². The molecule has 3 aromatic rings. The lowest BCUT2D eigenvalue weighted by Crippen LogP contribution is -1.92. The first-order chi connectivity index (χ1) is 8.56. The molecule has 4 N–H and O–H groups in total. The van der Waals surface area contributed by atoms with E-state index in [1.165, 1.54) is 21.5 Å². The van der Waals surface area contributed by atoms with Crippen molar-refractivity contribution in [3.05, 3.63) is 47.5 Å². The summed E-state index contributed by atoms with van der Waals surface area (Å²) in [6.07, 6.45) is 0. The summed E-state index contributed by atoms with van der Waals surface area (Å²) in [5.74, 6) is 0. The third kappa shape index (κ3) is 1.50. The third-order valence-corrected chi connectivity index (χ3v) is 3.67. The Labute approximate surface area is 106 Å². The van der Waals surface area contributed by atoms with E-state index in [1.54, 1.807) is 0 Å². The van der Waals surface area contributed by atoms with Gasteiger partial charge in [0.1, 0.15) is 0 Å². The van der Waals surface area contributed by atoms with E-state index in [9.17, 15) is 0 Å². The van der Waals surface area contributed by atoms with E-state index in [0.717, 1.165) is 22.5 Å². The average molecular weight is 236 g/mol. The van der Waals surface area contributed by atoms with Gasteiger partial charge in [0, 0.05) is 11.4 Å². The molecule has 0 spiro atoms. The van der Waals surface area contributed by atoms with Crippen LogP contribution in [0.25, 0.3) is 21.5 Å². The van der Waals surface area contributed by atoms with Crippen LogP contribution in [0.15, 0.2) is 36.4 Å². The predicted molar refractivity (Wildman–Crippen MR) is 79.8 cm³/mol. The minimum Gasteiger partial charge on any atom is -0.398 e. The van der Waals surface area contributed by atoms with E-state index in [2.05, 4.69) is 31.2 Å². The molecule has 0 unspecified atom stereocenters. The van der Waals surface area contributed by atoms with Crippen LogP contribution in [-0.4, -0.2) is 0 Å². The molecule has 18 heavy (non-hydrogen) atoms. The lowest BCUT2D eigenvalue weighted by Gasteiger charge is -2.09. The fraction of sp³-hybridized carbons (Fsp3) is 0.125. The van der Waals surface area contributed by atoms with Crippen LogP contribution >= 0.6 is 0 Å². The zero-order chi connectivity index (χ0) is 12.9. The number of anilines is 2. The number of benzene rings is 3. The number of aryl methyl sites for hydroxylation is 2. The van der Waals surface area contributed by atoms with Gasteiger partial charge in [-0.2, -0.15) is 0 Å². The molecule has 2 heteroatoms. The minimum atomic E-state index is 0.842. The van der Waals surface area contributed by atoms with E-state index in [1.807, 2.05) is 19.1 Å². The Balaban J connectivity index is 2.47. The average Bonchev–Trinajstić information content (AvgIpc) is 2.34. The van der Waals surface area contributed by atoms with Crippen LogP contribution in [0.5, 0.6) is 0 Å². The van der Waals surface area contributed by atoms with Crippen molar-refractivity contribution in [3.63, 3.8) is 0 Å². The van der Waals surface area contributed by atoms with E-state index >= 15 is 0 Å². The number of hydrogen-bond donors (Lipinski definition) is 2. The number of rotatable bonds is 0. The van der Waals surface area contributed by atoms with Gasteiger partial charge in [0.15, 0.2) is 0 Å². The molecule has 0 bridgehead atoms. The summed E-state index contributed by atoms with van der Waals surface area (Å²) in [5, 5.41) is 4.81. The summed E-state index contributed by atoms with van der Waals surface area (Å²) < 4.78 is 0. The summed E-state index contributed by atoms with van der Waals surface area (Å²) in [7, 11) is 0. The summed E-state index contributed by atoms with van der Waals surface area (Å²) >= 11 is 0. The molecule has 0 saturated heterocycles. The number of nitrogens with two attached hydrogens (primary N) is 2.